The minimum absolute atomic E-state index is 0.119. The Morgan fingerprint density at radius 3 is 2.10 bits per heavy atom. The Balaban J connectivity index is 1.42. The maximum Gasteiger partial charge on any atom is 0.168 e. The Hall–Kier alpha value is -0.160. The van der Waals surface area contributed by atoms with Gasteiger partial charge in [0.25, 0.3) is 0 Å². The van der Waals surface area contributed by atoms with E-state index in [4.69, 9.17) is 14.2 Å². The van der Waals surface area contributed by atoms with E-state index in [1.54, 1.807) is 0 Å². The molecule has 2 saturated heterocycles. The first kappa shape index (κ1) is 13.5. The van der Waals surface area contributed by atoms with Crippen LogP contribution >= 0.6 is 0 Å². The van der Waals surface area contributed by atoms with Gasteiger partial charge in [0.15, 0.2) is 5.79 Å². The van der Waals surface area contributed by atoms with Crippen LogP contribution in [0.1, 0.15) is 57.8 Å². The fourth-order valence-corrected chi connectivity index (χ4v) is 4.66. The standard InChI is InChI=1S/C16H26O4/c17-15(5-7-16(8-6-15)19-10-11-20-16)13-2-9-18-14(12-13)3-1-4-14/h13,17H,1-12H2. The molecule has 2 aliphatic carbocycles. The highest BCUT2D eigenvalue weighted by Crippen LogP contribution is 2.51. The lowest BCUT2D eigenvalue weighted by atomic mass is 9.64. The smallest absolute Gasteiger partial charge is 0.168 e. The van der Waals surface area contributed by atoms with E-state index in [1.165, 1.54) is 19.3 Å². The minimum atomic E-state index is -0.521. The van der Waals surface area contributed by atoms with Gasteiger partial charge in [-0.2, -0.15) is 0 Å². The molecular weight excluding hydrogens is 256 g/mol. The average molecular weight is 282 g/mol. The second-order valence-electron chi connectivity index (χ2n) is 7.29. The van der Waals surface area contributed by atoms with E-state index in [0.29, 0.717) is 19.1 Å². The monoisotopic (exact) mass is 282 g/mol. The molecule has 114 valence electrons. The van der Waals surface area contributed by atoms with Gasteiger partial charge in [0, 0.05) is 19.4 Å². The van der Waals surface area contributed by atoms with Gasteiger partial charge in [-0.15, -0.1) is 0 Å². The largest absolute Gasteiger partial charge is 0.390 e. The summed E-state index contributed by atoms with van der Waals surface area (Å²) in [6.45, 7) is 2.24. The van der Waals surface area contributed by atoms with E-state index in [1.807, 2.05) is 0 Å². The molecule has 4 nitrogen and oxygen atoms in total. The molecule has 2 aliphatic heterocycles. The summed E-state index contributed by atoms with van der Waals surface area (Å²) in [5, 5.41) is 11.1. The molecule has 4 rings (SSSR count). The summed E-state index contributed by atoms with van der Waals surface area (Å²) in [4.78, 5) is 0. The van der Waals surface area contributed by atoms with Crippen molar-refractivity contribution in [3.63, 3.8) is 0 Å². The molecule has 4 aliphatic rings. The van der Waals surface area contributed by atoms with Crippen LogP contribution in [0, 0.1) is 5.92 Å². The Bertz CT molecular complexity index is 361. The van der Waals surface area contributed by atoms with Gasteiger partial charge in [-0.1, -0.05) is 0 Å². The van der Waals surface area contributed by atoms with Crippen LogP contribution in [-0.4, -0.2) is 41.9 Å². The molecule has 0 aromatic carbocycles. The molecule has 2 heterocycles. The van der Waals surface area contributed by atoms with Crippen molar-refractivity contribution in [2.24, 2.45) is 5.92 Å². The summed E-state index contributed by atoms with van der Waals surface area (Å²) in [6.07, 6.45) is 9.04. The number of rotatable bonds is 1. The molecular formula is C16H26O4. The highest BCUT2D eigenvalue weighted by Gasteiger charge is 2.52. The summed E-state index contributed by atoms with van der Waals surface area (Å²) in [5.41, 5.74) is -0.402. The Morgan fingerprint density at radius 1 is 0.800 bits per heavy atom. The third-order valence-corrected chi connectivity index (χ3v) is 6.21. The maximum atomic E-state index is 11.1. The SMILES string of the molecule is OC1(C2CCOC3(CCC3)C2)CCC2(CC1)OCCO2. The first-order valence-corrected chi connectivity index (χ1v) is 8.28. The van der Waals surface area contributed by atoms with E-state index >= 15 is 0 Å². The average Bonchev–Trinajstić information content (AvgIpc) is 2.90. The lowest BCUT2D eigenvalue weighted by Gasteiger charge is -2.52. The van der Waals surface area contributed by atoms with Crippen LogP contribution in [0.2, 0.25) is 0 Å². The van der Waals surface area contributed by atoms with E-state index in [0.717, 1.165) is 45.1 Å². The molecule has 0 amide bonds. The number of aliphatic hydroxyl groups is 1. The van der Waals surface area contributed by atoms with E-state index in [-0.39, 0.29) is 11.4 Å². The molecule has 0 bridgehead atoms. The second kappa shape index (κ2) is 4.67. The quantitative estimate of drug-likeness (QED) is 0.802. The van der Waals surface area contributed by atoms with E-state index in [9.17, 15) is 5.11 Å². The van der Waals surface area contributed by atoms with Gasteiger partial charge in [-0.05, 0) is 50.9 Å². The molecule has 4 fully saturated rings. The Kier molecular flexibility index (Phi) is 3.15. The molecule has 0 radical (unpaired) electrons. The highest BCUT2D eigenvalue weighted by atomic mass is 16.7. The summed E-state index contributed by atoms with van der Waals surface area (Å²) < 4.78 is 17.6. The van der Waals surface area contributed by atoms with Gasteiger partial charge in [-0.3, -0.25) is 0 Å². The lowest BCUT2D eigenvalue weighted by molar-refractivity contribution is -0.227. The second-order valence-corrected chi connectivity index (χ2v) is 7.29. The van der Waals surface area contributed by atoms with Crippen molar-refractivity contribution in [2.45, 2.75) is 74.8 Å². The van der Waals surface area contributed by atoms with Crippen molar-refractivity contribution < 1.29 is 19.3 Å². The van der Waals surface area contributed by atoms with Gasteiger partial charge >= 0.3 is 0 Å². The van der Waals surface area contributed by atoms with Crippen LogP contribution in [0.25, 0.3) is 0 Å². The minimum Gasteiger partial charge on any atom is -0.390 e. The van der Waals surface area contributed by atoms with Crippen molar-refractivity contribution in [1.29, 1.82) is 0 Å². The Labute approximate surface area is 120 Å². The van der Waals surface area contributed by atoms with Crippen molar-refractivity contribution in [3.8, 4) is 0 Å². The van der Waals surface area contributed by atoms with E-state index in [2.05, 4.69) is 0 Å². The molecule has 2 saturated carbocycles. The topological polar surface area (TPSA) is 47.9 Å². The zero-order valence-corrected chi connectivity index (χ0v) is 12.2. The van der Waals surface area contributed by atoms with Gasteiger partial charge in [0.1, 0.15) is 0 Å². The van der Waals surface area contributed by atoms with Gasteiger partial charge in [-0.25, -0.2) is 0 Å². The van der Waals surface area contributed by atoms with Crippen molar-refractivity contribution in [1.82, 2.24) is 0 Å². The summed E-state index contributed by atoms with van der Waals surface area (Å²) in [7, 11) is 0. The molecule has 1 atom stereocenters. The molecule has 2 spiro atoms. The van der Waals surface area contributed by atoms with Crippen LogP contribution in [0.4, 0.5) is 0 Å². The lowest BCUT2D eigenvalue weighted by Crippen LogP contribution is -2.54. The number of ether oxygens (including phenoxy) is 3. The third kappa shape index (κ3) is 2.12. The molecule has 1 unspecified atom stereocenters. The molecule has 4 heteroatoms. The van der Waals surface area contributed by atoms with Crippen LogP contribution in [0.5, 0.6) is 0 Å². The van der Waals surface area contributed by atoms with Crippen LogP contribution < -0.4 is 0 Å². The van der Waals surface area contributed by atoms with Gasteiger partial charge in [0.2, 0.25) is 0 Å². The molecule has 0 aromatic heterocycles. The van der Waals surface area contributed by atoms with Gasteiger partial charge < -0.3 is 19.3 Å². The fourth-order valence-electron chi connectivity index (χ4n) is 4.66. The summed E-state index contributed by atoms with van der Waals surface area (Å²) in [6, 6.07) is 0. The van der Waals surface area contributed by atoms with Crippen LogP contribution in [0.15, 0.2) is 0 Å². The molecule has 0 aromatic rings. The summed E-state index contributed by atoms with van der Waals surface area (Å²) in [5.74, 6) is 0.0289. The number of hydrogen-bond acceptors (Lipinski definition) is 4. The highest BCUT2D eigenvalue weighted by molar-refractivity contribution is 5.02. The first-order valence-electron chi connectivity index (χ1n) is 8.28. The predicted molar refractivity (Wildman–Crippen MR) is 73.3 cm³/mol. The van der Waals surface area contributed by atoms with Crippen LogP contribution in [-0.2, 0) is 14.2 Å². The van der Waals surface area contributed by atoms with Crippen molar-refractivity contribution in [2.75, 3.05) is 19.8 Å². The fraction of sp³-hybridized carbons (Fsp3) is 1.00. The van der Waals surface area contributed by atoms with Crippen molar-refractivity contribution in [3.05, 3.63) is 0 Å². The first-order chi connectivity index (χ1) is 9.64. The zero-order chi connectivity index (χ0) is 13.7. The van der Waals surface area contributed by atoms with Gasteiger partial charge in [0.05, 0.1) is 24.4 Å². The normalized spacial score (nSPS) is 38.0. The number of hydrogen-bond donors (Lipinski definition) is 1. The predicted octanol–water partition coefficient (Wildman–Crippen LogP) is 2.38. The summed E-state index contributed by atoms with van der Waals surface area (Å²) >= 11 is 0. The maximum absolute atomic E-state index is 11.1. The van der Waals surface area contributed by atoms with Crippen molar-refractivity contribution >= 4 is 0 Å². The molecule has 20 heavy (non-hydrogen) atoms. The third-order valence-electron chi connectivity index (χ3n) is 6.21. The molecule has 1 N–H and O–H groups in total. The van der Waals surface area contributed by atoms with Crippen LogP contribution in [0.3, 0.4) is 0 Å². The van der Waals surface area contributed by atoms with E-state index < -0.39 is 5.60 Å². The zero-order valence-electron chi connectivity index (χ0n) is 12.2. The Morgan fingerprint density at radius 2 is 1.50 bits per heavy atom.